The number of ether oxygens (including phenoxy) is 1. The summed E-state index contributed by atoms with van der Waals surface area (Å²) in [5.41, 5.74) is 2.11. The minimum atomic E-state index is -0.268. The Kier molecular flexibility index (Phi) is 7.04. The lowest BCUT2D eigenvalue weighted by Gasteiger charge is -2.07. The van der Waals surface area contributed by atoms with Crippen LogP contribution in [0.3, 0.4) is 0 Å². The van der Waals surface area contributed by atoms with Crippen molar-refractivity contribution in [1.29, 1.82) is 0 Å². The van der Waals surface area contributed by atoms with Crippen LogP contribution in [0.25, 0.3) is 0 Å². The van der Waals surface area contributed by atoms with Gasteiger partial charge < -0.3 is 19.8 Å². The average Bonchev–Trinajstić information content (AvgIpc) is 3.12. The van der Waals surface area contributed by atoms with Crippen LogP contribution >= 0.6 is 0 Å². The van der Waals surface area contributed by atoms with Crippen LogP contribution in [0, 0.1) is 0 Å². The molecule has 1 aromatic heterocycles. The van der Waals surface area contributed by atoms with Gasteiger partial charge in [0.15, 0.2) is 5.76 Å². The first-order valence-electron chi connectivity index (χ1n) is 7.84. The molecule has 0 unspecified atom stereocenters. The maximum absolute atomic E-state index is 11.8. The van der Waals surface area contributed by atoms with Gasteiger partial charge in [0.05, 0.1) is 12.9 Å². The molecular weight excluding hydrogens is 308 g/mol. The fourth-order valence-corrected chi connectivity index (χ4v) is 2.23. The molecule has 0 fully saturated rings. The minimum absolute atomic E-state index is 0.0422. The lowest BCUT2D eigenvalue weighted by atomic mass is 10.1. The molecule has 0 aliphatic rings. The zero-order valence-corrected chi connectivity index (χ0v) is 13.7. The Bertz CT molecular complexity index is 653. The van der Waals surface area contributed by atoms with E-state index >= 15 is 0 Å². The molecule has 2 aromatic rings. The summed E-state index contributed by atoms with van der Waals surface area (Å²) in [6.07, 6.45) is 2.38. The van der Waals surface area contributed by atoms with E-state index in [9.17, 15) is 9.59 Å². The fraction of sp³-hybridized carbons (Fsp3) is 0.333. The highest BCUT2D eigenvalue weighted by Gasteiger charge is 2.07. The lowest BCUT2D eigenvalue weighted by Crippen LogP contribution is -2.27. The number of hydrogen-bond donors (Lipinski definition) is 2. The highest BCUT2D eigenvalue weighted by atomic mass is 16.5. The van der Waals surface area contributed by atoms with Crippen molar-refractivity contribution < 1.29 is 18.7 Å². The summed E-state index contributed by atoms with van der Waals surface area (Å²) in [6.45, 7) is 1.46. The van der Waals surface area contributed by atoms with Crippen molar-refractivity contribution in [2.45, 2.75) is 26.0 Å². The van der Waals surface area contributed by atoms with Gasteiger partial charge in [-0.15, -0.1) is 0 Å². The predicted molar refractivity (Wildman–Crippen MR) is 89.3 cm³/mol. The van der Waals surface area contributed by atoms with Crippen molar-refractivity contribution in [3.63, 3.8) is 0 Å². The predicted octanol–water partition coefficient (Wildman–Crippen LogP) is 2.25. The first kappa shape index (κ1) is 17.7. The van der Waals surface area contributed by atoms with Crippen molar-refractivity contribution in [1.82, 2.24) is 10.6 Å². The zero-order valence-electron chi connectivity index (χ0n) is 13.7. The lowest BCUT2D eigenvalue weighted by molar-refractivity contribution is -0.121. The van der Waals surface area contributed by atoms with Crippen LogP contribution < -0.4 is 10.6 Å². The van der Waals surface area contributed by atoms with E-state index in [4.69, 9.17) is 9.15 Å². The summed E-state index contributed by atoms with van der Waals surface area (Å²) in [4.78, 5) is 23.5. The summed E-state index contributed by atoms with van der Waals surface area (Å²) in [5.74, 6) is -0.0369. The van der Waals surface area contributed by atoms with E-state index < -0.39 is 0 Å². The number of hydrogen-bond acceptors (Lipinski definition) is 4. The molecule has 0 radical (unpaired) electrons. The Balaban J connectivity index is 1.63. The molecule has 0 atom stereocenters. The summed E-state index contributed by atoms with van der Waals surface area (Å²) < 4.78 is 10.1. The third kappa shape index (κ3) is 5.89. The van der Waals surface area contributed by atoms with Gasteiger partial charge in [0.25, 0.3) is 5.91 Å². The molecule has 128 valence electrons. The number of amides is 2. The van der Waals surface area contributed by atoms with Gasteiger partial charge in [-0.25, -0.2) is 0 Å². The normalized spacial score (nSPS) is 10.4. The highest BCUT2D eigenvalue weighted by Crippen LogP contribution is 2.06. The summed E-state index contributed by atoms with van der Waals surface area (Å²) in [5, 5.41) is 5.58. The standard InChI is InChI=1S/C18H22N2O4/c1-23-13-15-6-2-5-14(11-15)12-20-17(21)8-3-9-19-18(22)16-7-4-10-24-16/h2,4-7,10-11H,3,8-9,12-13H2,1H3,(H,19,22)(H,20,21). The van der Waals surface area contributed by atoms with Crippen LogP contribution in [0.15, 0.2) is 47.1 Å². The molecule has 24 heavy (non-hydrogen) atoms. The second kappa shape index (κ2) is 9.52. The van der Waals surface area contributed by atoms with Crippen molar-refractivity contribution in [3.8, 4) is 0 Å². The number of carbonyl (C=O) groups is 2. The second-order valence-corrected chi connectivity index (χ2v) is 5.37. The molecule has 0 spiro atoms. The Morgan fingerprint density at radius 3 is 2.71 bits per heavy atom. The van der Waals surface area contributed by atoms with E-state index in [1.165, 1.54) is 6.26 Å². The van der Waals surface area contributed by atoms with E-state index in [1.807, 2.05) is 24.3 Å². The molecule has 0 aliphatic carbocycles. The van der Waals surface area contributed by atoms with Crippen molar-refractivity contribution in [2.75, 3.05) is 13.7 Å². The molecule has 2 amide bonds. The quantitative estimate of drug-likeness (QED) is 0.691. The molecule has 6 nitrogen and oxygen atoms in total. The third-order valence-electron chi connectivity index (χ3n) is 3.40. The Morgan fingerprint density at radius 2 is 1.96 bits per heavy atom. The van der Waals surface area contributed by atoms with Crippen molar-refractivity contribution >= 4 is 11.8 Å². The molecule has 0 saturated carbocycles. The molecule has 2 rings (SSSR count). The van der Waals surface area contributed by atoms with Crippen LogP contribution in [0.1, 0.15) is 34.5 Å². The number of carbonyl (C=O) groups excluding carboxylic acids is 2. The highest BCUT2D eigenvalue weighted by molar-refractivity contribution is 5.91. The van der Waals surface area contributed by atoms with Crippen LogP contribution in [-0.4, -0.2) is 25.5 Å². The van der Waals surface area contributed by atoms with Gasteiger partial charge in [-0.3, -0.25) is 9.59 Å². The van der Waals surface area contributed by atoms with Crippen molar-refractivity contribution in [2.24, 2.45) is 0 Å². The van der Waals surface area contributed by atoms with Gasteiger partial charge in [0, 0.05) is 26.6 Å². The second-order valence-electron chi connectivity index (χ2n) is 5.37. The smallest absolute Gasteiger partial charge is 0.286 e. The molecule has 0 bridgehead atoms. The third-order valence-corrected chi connectivity index (χ3v) is 3.40. The van der Waals surface area contributed by atoms with Crippen LogP contribution in [0.2, 0.25) is 0 Å². The zero-order chi connectivity index (χ0) is 17.2. The molecule has 0 saturated heterocycles. The Labute approximate surface area is 141 Å². The van der Waals surface area contributed by atoms with Gasteiger partial charge in [-0.1, -0.05) is 24.3 Å². The SMILES string of the molecule is COCc1cccc(CNC(=O)CCCNC(=O)c2ccco2)c1. The molecule has 1 heterocycles. The van der Waals surface area contributed by atoms with Gasteiger partial charge in [0.1, 0.15) is 0 Å². The molecule has 0 aliphatic heterocycles. The Hall–Kier alpha value is -2.60. The maximum atomic E-state index is 11.8. The number of methoxy groups -OCH3 is 1. The maximum Gasteiger partial charge on any atom is 0.286 e. The molecule has 2 N–H and O–H groups in total. The van der Waals surface area contributed by atoms with Crippen molar-refractivity contribution in [3.05, 3.63) is 59.5 Å². The van der Waals surface area contributed by atoms with Crippen LogP contribution in [0.4, 0.5) is 0 Å². The largest absolute Gasteiger partial charge is 0.459 e. The van der Waals surface area contributed by atoms with E-state index in [0.717, 1.165) is 11.1 Å². The van der Waals surface area contributed by atoms with E-state index in [2.05, 4.69) is 10.6 Å². The Morgan fingerprint density at radius 1 is 1.12 bits per heavy atom. The number of furan rings is 1. The van der Waals surface area contributed by atoms with E-state index in [-0.39, 0.29) is 17.6 Å². The average molecular weight is 330 g/mol. The number of nitrogens with one attached hydrogen (secondary N) is 2. The molecular formula is C18H22N2O4. The van der Waals surface area contributed by atoms with Gasteiger partial charge >= 0.3 is 0 Å². The summed E-state index contributed by atoms with van der Waals surface area (Å²) in [6, 6.07) is 11.1. The van der Waals surface area contributed by atoms with E-state index in [1.54, 1.807) is 19.2 Å². The van der Waals surface area contributed by atoms with E-state index in [0.29, 0.717) is 32.5 Å². The monoisotopic (exact) mass is 330 g/mol. The first-order chi connectivity index (χ1) is 11.7. The van der Waals surface area contributed by atoms with Gasteiger partial charge in [-0.05, 0) is 29.7 Å². The number of benzene rings is 1. The molecule has 6 heteroatoms. The molecule has 1 aromatic carbocycles. The van der Waals surface area contributed by atoms with Gasteiger partial charge in [-0.2, -0.15) is 0 Å². The van der Waals surface area contributed by atoms with Crippen LogP contribution in [0.5, 0.6) is 0 Å². The minimum Gasteiger partial charge on any atom is -0.459 e. The van der Waals surface area contributed by atoms with Gasteiger partial charge in [0.2, 0.25) is 5.91 Å². The summed E-state index contributed by atoms with van der Waals surface area (Å²) in [7, 11) is 1.65. The fourth-order valence-electron chi connectivity index (χ4n) is 2.23. The topological polar surface area (TPSA) is 80.6 Å². The van der Waals surface area contributed by atoms with Crippen LogP contribution in [-0.2, 0) is 22.7 Å². The summed E-state index contributed by atoms with van der Waals surface area (Å²) >= 11 is 0. The number of rotatable bonds is 9. The first-order valence-corrected chi connectivity index (χ1v) is 7.84.